The highest BCUT2D eigenvalue weighted by molar-refractivity contribution is 5.93. The molecule has 0 aliphatic carbocycles. The predicted octanol–water partition coefficient (Wildman–Crippen LogP) is 3.79. The van der Waals surface area contributed by atoms with E-state index in [0.717, 1.165) is 28.9 Å². The number of piperazine rings is 1. The van der Waals surface area contributed by atoms with Crippen LogP contribution in [0.25, 0.3) is 0 Å². The Morgan fingerprint density at radius 1 is 0.938 bits per heavy atom. The lowest BCUT2D eigenvalue weighted by Gasteiger charge is -2.34. The summed E-state index contributed by atoms with van der Waals surface area (Å²) in [6.45, 7) is 6.35. The van der Waals surface area contributed by atoms with Crippen LogP contribution in [0.3, 0.4) is 0 Å². The van der Waals surface area contributed by atoms with Crippen LogP contribution >= 0.6 is 0 Å². The van der Waals surface area contributed by atoms with Crippen LogP contribution in [0.1, 0.15) is 22.3 Å². The van der Waals surface area contributed by atoms with Crippen molar-refractivity contribution in [3.05, 3.63) is 64.7 Å². The van der Waals surface area contributed by atoms with E-state index in [9.17, 15) is 22.8 Å². The number of nitrogens with one attached hydrogen (secondary N) is 2. The SMILES string of the molecule is Cc1cccc(C)c1NC(=O)CN1CCN(C(=O)NCc2ccc(C(F)(F)F)cc2)CC1. The Hall–Kier alpha value is -3.07. The van der Waals surface area contributed by atoms with Gasteiger partial charge in [0.2, 0.25) is 5.91 Å². The first-order valence-corrected chi connectivity index (χ1v) is 10.4. The zero-order valence-electron chi connectivity index (χ0n) is 18.1. The van der Waals surface area contributed by atoms with Crippen LogP contribution < -0.4 is 10.6 Å². The molecule has 2 aromatic carbocycles. The van der Waals surface area contributed by atoms with Gasteiger partial charge in [0, 0.05) is 38.4 Å². The van der Waals surface area contributed by atoms with E-state index in [1.54, 1.807) is 4.90 Å². The molecule has 1 aliphatic rings. The van der Waals surface area contributed by atoms with E-state index >= 15 is 0 Å². The molecular formula is C23H27F3N4O2. The summed E-state index contributed by atoms with van der Waals surface area (Å²) >= 11 is 0. The highest BCUT2D eigenvalue weighted by Crippen LogP contribution is 2.29. The van der Waals surface area contributed by atoms with E-state index < -0.39 is 11.7 Å². The molecule has 0 radical (unpaired) electrons. The van der Waals surface area contributed by atoms with Gasteiger partial charge in [-0.3, -0.25) is 9.69 Å². The molecule has 0 atom stereocenters. The second-order valence-electron chi connectivity index (χ2n) is 7.93. The quantitative estimate of drug-likeness (QED) is 0.732. The maximum Gasteiger partial charge on any atom is 0.416 e. The monoisotopic (exact) mass is 448 g/mol. The Balaban J connectivity index is 1.42. The van der Waals surface area contributed by atoms with Gasteiger partial charge in [0.05, 0.1) is 12.1 Å². The van der Waals surface area contributed by atoms with Crippen LogP contribution in [-0.2, 0) is 17.5 Å². The number of urea groups is 1. The number of alkyl halides is 3. The Morgan fingerprint density at radius 2 is 1.53 bits per heavy atom. The number of anilines is 1. The molecule has 0 spiro atoms. The second kappa shape index (κ2) is 10.0. The average Bonchev–Trinajstić information content (AvgIpc) is 2.75. The number of benzene rings is 2. The molecule has 9 heteroatoms. The second-order valence-corrected chi connectivity index (χ2v) is 7.93. The van der Waals surface area contributed by atoms with Gasteiger partial charge in [0.1, 0.15) is 0 Å². The van der Waals surface area contributed by atoms with E-state index in [-0.39, 0.29) is 25.0 Å². The minimum absolute atomic E-state index is 0.0948. The normalized spacial score (nSPS) is 14.8. The fourth-order valence-electron chi connectivity index (χ4n) is 3.60. The maximum atomic E-state index is 12.6. The summed E-state index contributed by atoms with van der Waals surface area (Å²) < 4.78 is 37.9. The third kappa shape index (κ3) is 6.23. The molecule has 2 aromatic rings. The first-order valence-electron chi connectivity index (χ1n) is 10.4. The average molecular weight is 448 g/mol. The zero-order chi connectivity index (χ0) is 23.3. The van der Waals surface area contributed by atoms with E-state index in [1.165, 1.54) is 12.1 Å². The molecule has 0 unspecified atom stereocenters. The maximum absolute atomic E-state index is 12.6. The molecule has 1 fully saturated rings. The number of amides is 3. The van der Waals surface area contributed by atoms with Crippen molar-refractivity contribution >= 4 is 17.6 Å². The summed E-state index contributed by atoms with van der Waals surface area (Å²) in [5.41, 5.74) is 2.72. The summed E-state index contributed by atoms with van der Waals surface area (Å²) in [6, 6.07) is 10.3. The number of para-hydroxylation sites is 1. The molecule has 0 saturated carbocycles. The fraction of sp³-hybridized carbons (Fsp3) is 0.391. The molecule has 1 saturated heterocycles. The van der Waals surface area contributed by atoms with Crippen molar-refractivity contribution in [3.8, 4) is 0 Å². The van der Waals surface area contributed by atoms with Gasteiger partial charge in [0.25, 0.3) is 0 Å². The largest absolute Gasteiger partial charge is 0.416 e. The van der Waals surface area contributed by atoms with Crippen molar-refractivity contribution in [1.29, 1.82) is 0 Å². The molecule has 3 rings (SSSR count). The number of nitrogens with zero attached hydrogens (tertiary/aromatic N) is 2. The lowest BCUT2D eigenvalue weighted by molar-refractivity contribution is -0.137. The van der Waals surface area contributed by atoms with E-state index in [4.69, 9.17) is 0 Å². The van der Waals surface area contributed by atoms with Crippen LogP contribution in [0.5, 0.6) is 0 Å². The summed E-state index contributed by atoms with van der Waals surface area (Å²) in [5, 5.41) is 5.70. The lowest BCUT2D eigenvalue weighted by Crippen LogP contribution is -2.52. The molecule has 172 valence electrons. The summed E-state index contributed by atoms with van der Waals surface area (Å²) in [6.07, 6.45) is -4.38. The van der Waals surface area contributed by atoms with Crippen molar-refractivity contribution in [2.45, 2.75) is 26.6 Å². The summed E-state index contributed by atoms with van der Waals surface area (Å²) in [4.78, 5) is 28.4. The third-order valence-electron chi connectivity index (χ3n) is 5.50. The minimum atomic E-state index is -4.38. The fourth-order valence-corrected chi connectivity index (χ4v) is 3.60. The van der Waals surface area contributed by atoms with Crippen molar-refractivity contribution in [1.82, 2.24) is 15.1 Å². The molecule has 0 bridgehead atoms. The molecular weight excluding hydrogens is 421 g/mol. The molecule has 3 amide bonds. The third-order valence-corrected chi connectivity index (χ3v) is 5.50. The van der Waals surface area contributed by atoms with Gasteiger partial charge in [-0.2, -0.15) is 13.2 Å². The van der Waals surface area contributed by atoms with Gasteiger partial charge < -0.3 is 15.5 Å². The zero-order valence-corrected chi connectivity index (χ0v) is 18.1. The highest BCUT2D eigenvalue weighted by atomic mass is 19.4. The smallest absolute Gasteiger partial charge is 0.334 e. The van der Waals surface area contributed by atoms with Crippen molar-refractivity contribution in [2.24, 2.45) is 0 Å². The topological polar surface area (TPSA) is 64.7 Å². The van der Waals surface area contributed by atoms with E-state index in [1.807, 2.05) is 36.9 Å². The van der Waals surface area contributed by atoms with Gasteiger partial charge in [-0.05, 0) is 42.7 Å². The molecule has 0 aromatic heterocycles. The van der Waals surface area contributed by atoms with E-state index in [0.29, 0.717) is 31.7 Å². The minimum Gasteiger partial charge on any atom is -0.334 e. The van der Waals surface area contributed by atoms with Gasteiger partial charge in [-0.25, -0.2) is 4.79 Å². The number of hydrogen-bond donors (Lipinski definition) is 2. The standard InChI is InChI=1S/C23H27F3N4O2/c1-16-4-3-5-17(2)21(16)28-20(31)15-29-10-12-30(13-11-29)22(32)27-14-18-6-8-19(9-7-18)23(24,25)26/h3-9H,10-15H2,1-2H3,(H,27,32)(H,28,31). The molecule has 32 heavy (non-hydrogen) atoms. The number of rotatable bonds is 5. The first-order chi connectivity index (χ1) is 15.1. The summed E-state index contributed by atoms with van der Waals surface area (Å²) in [5.74, 6) is -0.0948. The predicted molar refractivity (Wildman–Crippen MR) is 116 cm³/mol. The van der Waals surface area contributed by atoms with Crippen molar-refractivity contribution in [2.75, 3.05) is 38.0 Å². The van der Waals surface area contributed by atoms with E-state index in [2.05, 4.69) is 10.6 Å². The van der Waals surface area contributed by atoms with Crippen LogP contribution in [0, 0.1) is 13.8 Å². The Morgan fingerprint density at radius 3 is 2.09 bits per heavy atom. The number of hydrogen-bond acceptors (Lipinski definition) is 3. The molecule has 1 aliphatic heterocycles. The Bertz CT molecular complexity index is 932. The number of carbonyl (C=O) groups excluding carboxylic acids is 2. The Labute approximate surface area is 185 Å². The molecule has 6 nitrogen and oxygen atoms in total. The Kier molecular flexibility index (Phi) is 7.40. The first kappa shape index (κ1) is 23.6. The molecule has 2 N–H and O–H groups in total. The van der Waals surface area contributed by atoms with Crippen LogP contribution in [0.4, 0.5) is 23.7 Å². The summed E-state index contributed by atoms with van der Waals surface area (Å²) in [7, 11) is 0. The van der Waals surface area contributed by atoms with Crippen LogP contribution in [0.15, 0.2) is 42.5 Å². The van der Waals surface area contributed by atoms with Crippen LogP contribution in [-0.4, -0.2) is 54.5 Å². The number of carbonyl (C=O) groups is 2. The van der Waals surface area contributed by atoms with Gasteiger partial charge in [-0.15, -0.1) is 0 Å². The van der Waals surface area contributed by atoms with Crippen LogP contribution in [0.2, 0.25) is 0 Å². The number of halogens is 3. The lowest BCUT2D eigenvalue weighted by atomic mass is 10.1. The van der Waals surface area contributed by atoms with Crippen molar-refractivity contribution < 1.29 is 22.8 Å². The van der Waals surface area contributed by atoms with Crippen molar-refractivity contribution in [3.63, 3.8) is 0 Å². The van der Waals surface area contributed by atoms with Gasteiger partial charge >= 0.3 is 12.2 Å². The molecule has 1 heterocycles. The van der Waals surface area contributed by atoms with Gasteiger partial charge in [0.15, 0.2) is 0 Å². The highest BCUT2D eigenvalue weighted by Gasteiger charge is 2.30. The number of aryl methyl sites for hydroxylation is 2. The van der Waals surface area contributed by atoms with Gasteiger partial charge in [-0.1, -0.05) is 30.3 Å².